The Bertz CT molecular complexity index is 737. The van der Waals surface area contributed by atoms with E-state index in [1.165, 1.54) is 0 Å². The lowest BCUT2D eigenvalue weighted by Crippen LogP contribution is -2.25. The van der Waals surface area contributed by atoms with Gasteiger partial charge in [-0.1, -0.05) is 31.2 Å². The molecule has 1 aromatic carbocycles. The number of benzene rings is 1. The molecule has 0 aliphatic rings. The summed E-state index contributed by atoms with van der Waals surface area (Å²) in [6.45, 7) is 2.52. The molecular weight excluding hydrogens is 276 g/mol. The molecule has 2 rings (SSSR count). The molecule has 0 fully saturated rings. The SMILES string of the molecule is CCCNC(=O)/C(C#N)=C/c1ccccc1-c1ccnn1C. The van der Waals surface area contributed by atoms with Crippen molar-refractivity contribution < 1.29 is 4.79 Å². The third-order valence-corrected chi connectivity index (χ3v) is 3.26. The Morgan fingerprint density at radius 3 is 2.82 bits per heavy atom. The van der Waals surface area contributed by atoms with Gasteiger partial charge in [0.2, 0.25) is 0 Å². The van der Waals surface area contributed by atoms with E-state index >= 15 is 0 Å². The number of carbonyl (C=O) groups excluding carboxylic acids is 1. The van der Waals surface area contributed by atoms with E-state index in [1.807, 2.05) is 50.4 Å². The number of hydrogen-bond acceptors (Lipinski definition) is 3. The normalized spacial score (nSPS) is 11.0. The number of rotatable bonds is 5. The minimum atomic E-state index is -0.343. The van der Waals surface area contributed by atoms with Crippen LogP contribution in [0, 0.1) is 11.3 Å². The van der Waals surface area contributed by atoms with E-state index < -0.39 is 0 Å². The highest BCUT2D eigenvalue weighted by Gasteiger charge is 2.11. The summed E-state index contributed by atoms with van der Waals surface area (Å²) in [6.07, 6.45) is 4.17. The van der Waals surface area contributed by atoms with Crippen molar-refractivity contribution >= 4 is 12.0 Å². The van der Waals surface area contributed by atoms with E-state index in [9.17, 15) is 10.1 Å². The van der Waals surface area contributed by atoms with Gasteiger partial charge in [0.1, 0.15) is 11.6 Å². The van der Waals surface area contributed by atoms with Crippen LogP contribution in [0.2, 0.25) is 0 Å². The lowest BCUT2D eigenvalue weighted by Gasteiger charge is -2.07. The van der Waals surface area contributed by atoms with Crippen LogP contribution in [-0.4, -0.2) is 22.2 Å². The molecule has 0 saturated carbocycles. The van der Waals surface area contributed by atoms with Crippen LogP contribution in [0.5, 0.6) is 0 Å². The van der Waals surface area contributed by atoms with Gasteiger partial charge in [0.25, 0.3) is 5.91 Å². The van der Waals surface area contributed by atoms with Crippen LogP contribution in [-0.2, 0) is 11.8 Å². The average molecular weight is 294 g/mol. The summed E-state index contributed by atoms with van der Waals surface area (Å²) in [7, 11) is 1.86. The van der Waals surface area contributed by atoms with Crippen molar-refractivity contribution in [2.75, 3.05) is 6.54 Å². The summed E-state index contributed by atoms with van der Waals surface area (Å²) in [5, 5.41) is 16.1. The van der Waals surface area contributed by atoms with Crippen molar-refractivity contribution in [3.8, 4) is 17.3 Å². The summed E-state index contributed by atoms with van der Waals surface area (Å²) in [6, 6.07) is 11.5. The van der Waals surface area contributed by atoms with Crippen molar-refractivity contribution in [3.05, 3.63) is 47.7 Å². The van der Waals surface area contributed by atoms with Crippen LogP contribution in [0.4, 0.5) is 0 Å². The zero-order valence-corrected chi connectivity index (χ0v) is 12.7. The topological polar surface area (TPSA) is 70.7 Å². The van der Waals surface area contributed by atoms with Gasteiger partial charge in [0.05, 0.1) is 5.69 Å². The van der Waals surface area contributed by atoms with Crippen molar-refractivity contribution in [2.24, 2.45) is 7.05 Å². The lowest BCUT2D eigenvalue weighted by atomic mass is 10.0. The standard InChI is InChI=1S/C17H18N4O/c1-3-9-19-17(22)14(12-18)11-13-6-4-5-7-15(13)16-8-10-20-21(16)2/h4-8,10-11H,3,9H2,1-2H3,(H,19,22)/b14-11+. The maximum Gasteiger partial charge on any atom is 0.261 e. The largest absolute Gasteiger partial charge is 0.351 e. The maximum atomic E-state index is 12.0. The molecule has 112 valence electrons. The quantitative estimate of drug-likeness (QED) is 0.680. The highest BCUT2D eigenvalue weighted by Crippen LogP contribution is 2.24. The monoisotopic (exact) mass is 294 g/mol. The molecule has 22 heavy (non-hydrogen) atoms. The van der Waals surface area contributed by atoms with Gasteiger partial charge in [-0.05, 0) is 24.1 Å². The number of aromatic nitrogens is 2. The Morgan fingerprint density at radius 1 is 1.41 bits per heavy atom. The minimum absolute atomic E-state index is 0.100. The van der Waals surface area contributed by atoms with Crippen LogP contribution >= 0.6 is 0 Å². The first-order chi connectivity index (χ1) is 10.7. The average Bonchev–Trinajstić information content (AvgIpc) is 2.96. The molecule has 0 atom stereocenters. The van der Waals surface area contributed by atoms with Crippen LogP contribution in [0.25, 0.3) is 17.3 Å². The summed E-state index contributed by atoms with van der Waals surface area (Å²) in [4.78, 5) is 12.0. The van der Waals surface area contributed by atoms with E-state index in [2.05, 4.69) is 10.4 Å². The first-order valence-corrected chi connectivity index (χ1v) is 7.14. The van der Waals surface area contributed by atoms with Crippen LogP contribution in [0.3, 0.4) is 0 Å². The predicted molar refractivity (Wildman–Crippen MR) is 85.5 cm³/mol. The molecule has 0 aliphatic carbocycles. The number of hydrogen-bond donors (Lipinski definition) is 1. The first kappa shape index (κ1) is 15.5. The smallest absolute Gasteiger partial charge is 0.261 e. The fourth-order valence-corrected chi connectivity index (χ4v) is 2.13. The zero-order chi connectivity index (χ0) is 15.9. The Hall–Kier alpha value is -2.87. The minimum Gasteiger partial charge on any atom is -0.351 e. The fourth-order valence-electron chi connectivity index (χ4n) is 2.13. The first-order valence-electron chi connectivity index (χ1n) is 7.14. The molecule has 1 aromatic heterocycles. The third kappa shape index (κ3) is 3.41. The van der Waals surface area contributed by atoms with Crippen molar-refractivity contribution in [2.45, 2.75) is 13.3 Å². The van der Waals surface area contributed by atoms with Crippen molar-refractivity contribution in [1.29, 1.82) is 5.26 Å². The Morgan fingerprint density at radius 2 is 2.18 bits per heavy atom. The van der Waals surface area contributed by atoms with E-state index in [0.717, 1.165) is 23.2 Å². The van der Waals surface area contributed by atoms with Crippen LogP contribution in [0.15, 0.2) is 42.1 Å². The van der Waals surface area contributed by atoms with Gasteiger partial charge in [0, 0.05) is 25.4 Å². The highest BCUT2D eigenvalue weighted by atomic mass is 16.1. The molecule has 5 heteroatoms. The molecule has 0 aliphatic heterocycles. The van der Waals surface area contributed by atoms with Gasteiger partial charge in [-0.15, -0.1) is 0 Å². The van der Waals surface area contributed by atoms with E-state index in [-0.39, 0.29) is 11.5 Å². The Balaban J connectivity index is 2.41. The predicted octanol–water partition coefficient (Wildman–Crippen LogP) is 2.52. The summed E-state index contributed by atoms with van der Waals surface area (Å²) >= 11 is 0. The molecule has 1 amide bonds. The molecule has 1 heterocycles. The second-order valence-electron chi connectivity index (χ2n) is 4.85. The van der Waals surface area contributed by atoms with E-state index in [4.69, 9.17) is 0 Å². The number of aryl methyl sites for hydroxylation is 1. The Kier molecular flexibility index (Phi) is 5.10. The molecular formula is C17H18N4O. The second kappa shape index (κ2) is 7.23. The van der Waals surface area contributed by atoms with Gasteiger partial charge in [0.15, 0.2) is 0 Å². The molecule has 0 unspecified atom stereocenters. The van der Waals surface area contributed by atoms with Gasteiger partial charge < -0.3 is 5.32 Å². The highest BCUT2D eigenvalue weighted by molar-refractivity contribution is 6.02. The van der Waals surface area contributed by atoms with Gasteiger partial charge in [-0.3, -0.25) is 9.48 Å². The van der Waals surface area contributed by atoms with Gasteiger partial charge in [-0.25, -0.2) is 0 Å². The number of carbonyl (C=O) groups is 1. The van der Waals surface area contributed by atoms with Crippen molar-refractivity contribution in [1.82, 2.24) is 15.1 Å². The molecule has 2 aromatic rings. The molecule has 5 nitrogen and oxygen atoms in total. The summed E-state index contributed by atoms with van der Waals surface area (Å²) < 4.78 is 1.76. The second-order valence-corrected chi connectivity index (χ2v) is 4.85. The Labute approximate surface area is 129 Å². The van der Waals surface area contributed by atoms with Gasteiger partial charge in [-0.2, -0.15) is 10.4 Å². The molecule has 0 saturated heterocycles. The summed E-state index contributed by atoms with van der Waals surface area (Å²) in [5.74, 6) is -0.343. The fraction of sp³-hybridized carbons (Fsp3) is 0.235. The molecule has 1 N–H and O–H groups in total. The number of amides is 1. The van der Waals surface area contributed by atoms with Crippen molar-refractivity contribution in [3.63, 3.8) is 0 Å². The maximum absolute atomic E-state index is 12.0. The number of nitrogens with one attached hydrogen (secondary N) is 1. The van der Waals surface area contributed by atoms with Crippen LogP contribution in [0.1, 0.15) is 18.9 Å². The molecule has 0 radical (unpaired) electrons. The number of nitrogens with zero attached hydrogens (tertiary/aromatic N) is 3. The van der Waals surface area contributed by atoms with E-state index in [0.29, 0.717) is 6.54 Å². The lowest BCUT2D eigenvalue weighted by molar-refractivity contribution is -0.117. The van der Waals surface area contributed by atoms with E-state index in [1.54, 1.807) is 17.0 Å². The third-order valence-electron chi connectivity index (χ3n) is 3.26. The van der Waals surface area contributed by atoms with Crippen LogP contribution < -0.4 is 5.32 Å². The number of nitriles is 1. The molecule has 0 spiro atoms. The zero-order valence-electron chi connectivity index (χ0n) is 12.7. The summed E-state index contributed by atoms with van der Waals surface area (Å²) in [5.41, 5.74) is 2.77. The molecule has 0 bridgehead atoms. The van der Waals surface area contributed by atoms with Gasteiger partial charge >= 0.3 is 0 Å².